The molecule has 0 spiro atoms. The van der Waals surface area contributed by atoms with E-state index in [9.17, 15) is 4.79 Å². The van der Waals surface area contributed by atoms with Crippen LogP contribution in [0.4, 0.5) is 0 Å². The van der Waals surface area contributed by atoms with Crippen molar-refractivity contribution < 1.29 is 13.6 Å². The normalized spacial score (nSPS) is 11.3. The van der Waals surface area contributed by atoms with Gasteiger partial charge in [0.2, 0.25) is 17.5 Å². The predicted octanol–water partition coefficient (Wildman–Crippen LogP) is 2.21. The first-order valence-electron chi connectivity index (χ1n) is 7.93. The number of nitrogens with one attached hydrogen (secondary N) is 1. The molecule has 132 valence electrons. The van der Waals surface area contributed by atoms with E-state index in [4.69, 9.17) is 13.6 Å². The summed E-state index contributed by atoms with van der Waals surface area (Å²) in [6.07, 6.45) is 3.14. The second-order valence-electron chi connectivity index (χ2n) is 5.69. The number of hydrogen-bond donors (Lipinski definition) is 1. The van der Waals surface area contributed by atoms with Gasteiger partial charge in [0, 0.05) is 17.7 Å². The summed E-state index contributed by atoms with van der Waals surface area (Å²) in [5, 5.41) is 11.7. The molecule has 4 heterocycles. The number of H-pyrrole nitrogens is 1. The van der Waals surface area contributed by atoms with E-state index >= 15 is 0 Å². The van der Waals surface area contributed by atoms with E-state index in [1.165, 1.54) is 12.5 Å². The maximum absolute atomic E-state index is 12.5. The van der Waals surface area contributed by atoms with Crippen LogP contribution in [0.15, 0.2) is 61.2 Å². The van der Waals surface area contributed by atoms with Gasteiger partial charge in [0.05, 0.1) is 23.5 Å². The fourth-order valence-corrected chi connectivity index (χ4v) is 2.69. The van der Waals surface area contributed by atoms with Crippen molar-refractivity contribution in [2.45, 2.75) is 6.42 Å². The van der Waals surface area contributed by atoms with Crippen LogP contribution in [0.2, 0.25) is 0 Å². The minimum Gasteiger partial charge on any atom is -0.364 e. The highest BCUT2D eigenvalue weighted by molar-refractivity contribution is 5.82. The van der Waals surface area contributed by atoms with Crippen molar-refractivity contribution in [2.24, 2.45) is 0 Å². The number of rotatable bonds is 4. The van der Waals surface area contributed by atoms with E-state index in [0.717, 1.165) is 5.56 Å². The molecule has 0 unspecified atom stereocenters. The van der Waals surface area contributed by atoms with Gasteiger partial charge in [-0.25, -0.2) is 4.98 Å². The quantitative estimate of drug-likeness (QED) is 0.510. The third kappa shape index (κ3) is 2.78. The van der Waals surface area contributed by atoms with E-state index in [1.807, 2.05) is 6.07 Å². The van der Waals surface area contributed by atoms with Crippen molar-refractivity contribution in [1.82, 2.24) is 30.4 Å². The minimum atomic E-state index is -0.268. The van der Waals surface area contributed by atoms with Crippen molar-refractivity contribution in [1.29, 1.82) is 0 Å². The standard InChI is InChI=1S/C17H10N6O4/c24-17-10-7-9(11-4-6-25-22-11)1-2-12(10)19-14(20-17)8-15-21-16(23-27-15)13-3-5-18-26-13/h1-7H,8H2,(H,19,20,24). The van der Waals surface area contributed by atoms with Crippen LogP contribution in [0.3, 0.4) is 0 Å². The van der Waals surface area contributed by atoms with Crippen molar-refractivity contribution in [3.05, 3.63) is 64.9 Å². The highest BCUT2D eigenvalue weighted by Gasteiger charge is 2.14. The lowest BCUT2D eigenvalue weighted by atomic mass is 10.1. The van der Waals surface area contributed by atoms with Crippen LogP contribution < -0.4 is 5.56 Å². The molecule has 0 aliphatic rings. The maximum Gasteiger partial charge on any atom is 0.258 e. The summed E-state index contributed by atoms with van der Waals surface area (Å²) < 4.78 is 15.0. The van der Waals surface area contributed by atoms with Crippen molar-refractivity contribution in [3.63, 3.8) is 0 Å². The molecule has 0 saturated carbocycles. The molecule has 5 aromatic rings. The van der Waals surface area contributed by atoms with E-state index in [-0.39, 0.29) is 17.8 Å². The lowest BCUT2D eigenvalue weighted by molar-refractivity contribution is 0.379. The van der Waals surface area contributed by atoms with Crippen LogP contribution in [-0.4, -0.2) is 30.4 Å². The van der Waals surface area contributed by atoms with E-state index in [0.29, 0.717) is 34.1 Å². The van der Waals surface area contributed by atoms with Gasteiger partial charge in [-0.05, 0) is 12.1 Å². The summed E-state index contributed by atoms with van der Waals surface area (Å²) in [5.74, 6) is 1.38. The lowest BCUT2D eigenvalue weighted by Crippen LogP contribution is -2.12. The van der Waals surface area contributed by atoms with Gasteiger partial charge in [-0.15, -0.1) is 0 Å². The van der Waals surface area contributed by atoms with Crippen LogP contribution >= 0.6 is 0 Å². The van der Waals surface area contributed by atoms with E-state index in [2.05, 4.69) is 30.4 Å². The molecule has 0 amide bonds. The Morgan fingerprint density at radius 3 is 2.81 bits per heavy atom. The van der Waals surface area contributed by atoms with Gasteiger partial charge in [-0.1, -0.05) is 21.5 Å². The zero-order valence-corrected chi connectivity index (χ0v) is 13.6. The third-order valence-corrected chi connectivity index (χ3v) is 3.93. The molecule has 1 N–H and O–H groups in total. The Balaban J connectivity index is 1.48. The highest BCUT2D eigenvalue weighted by Crippen LogP contribution is 2.21. The van der Waals surface area contributed by atoms with Gasteiger partial charge in [0.25, 0.3) is 5.56 Å². The molecule has 4 aromatic heterocycles. The summed E-state index contributed by atoms with van der Waals surface area (Å²) >= 11 is 0. The molecule has 1 aromatic carbocycles. The van der Waals surface area contributed by atoms with Crippen LogP contribution in [0.1, 0.15) is 11.7 Å². The Labute approximate surface area is 149 Å². The first kappa shape index (κ1) is 15.2. The van der Waals surface area contributed by atoms with Crippen LogP contribution in [-0.2, 0) is 6.42 Å². The van der Waals surface area contributed by atoms with Gasteiger partial charge in [0.1, 0.15) is 17.8 Å². The number of nitrogens with zero attached hydrogens (tertiary/aromatic N) is 5. The molecule has 0 aliphatic heterocycles. The number of aromatic amines is 1. The van der Waals surface area contributed by atoms with Crippen LogP contribution in [0.25, 0.3) is 33.7 Å². The Bertz CT molecular complexity index is 1270. The van der Waals surface area contributed by atoms with Crippen LogP contribution in [0, 0.1) is 0 Å². The summed E-state index contributed by atoms with van der Waals surface area (Å²) in [6, 6.07) is 8.64. The number of hydrogen-bond acceptors (Lipinski definition) is 9. The number of benzene rings is 1. The van der Waals surface area contributed by atoms with Gasteiger partial charge in [0.15, 0.2) is 0 Å². The second-order valence-corrected chi connectivity index (χ2v) is 5.69. The molecule has 10 heteroatoms. The number of fused-ring (bicyclic) bond motifs is 1. The van der Waals surface area contributed by atoms with Crippen molar-refractivity contribution in [2.75, 3.05) is 0 Å². The Kier molecular flexibility index (Phi) is 3.39. The highest BCUT2D eigenvalue weighted by atomic mass is 16.5. The summed E-state index contributed by atoms with van der Waals surface area (Å²) in [4.78, 5) is 23.9. The molecule has 10 nitrogen and oxygen atoms in total. The molecule has 0 fully saturated rings. The van der Waals surface area contributed by atoms with E-state index in [1.54, 1.807) is 24.3 Å². The average Bonchev–Trinajstić information content (AvgIpc) is 3.43. The summed E-state index contributed by atoms with van der Waals surface area (Å²) in [7, 11) is 0. The molecular weight excluding hydrogens is 352 g/mol. The third-order valence-electron chi connectivity index (χ3n) is 3.93. The molecule has 0 radical (unpaired) electrons. The average molecular weight is 362 g/mol. The lowest BCUT2D eigenvalue weighted by Gasteiger charge is -2.02. The second kappa shape index (κ2) is 6.02. The monoisotopic (exact) mass is 362 g/mol. The minimum absolute atomic E-state index is 0.178. The smallest absolute Gasteiger partial charge is 0.258 e. The molecule has 0 aliphatic carbocycles. The molecule has 0 bridgehead atoms. The Morgan fingerprint density at radius 1 is 1.04 bits per heavy atom. The predicted molar refractivity (Wildman–Crippen MR) is 90.5 cm³/mol. The maximum atomic E-state index is 12.5. The van der Waals surface area contributed by atoms with Gasteiger partial charge < -0.3 is 18.6 Å². The molecule has 0 saturated heterocycles. The zero-order valence-electron chi connectivity index (χ0n) is 13.6. The largest absolute Gasteiger partial charge is 0.364 e. The molecule has 5 rings (SSSR count). The topological polar surface area (TPSA) is 137 Å². The molecule has 0 atom stereocenters. The van der Waals surface area contributed by atoms with Crippen molar-refractivity contribution in [3.8, 4) is 22.8 Å². The van der Waals surface area contributed by atoms with Gasteiger partial charge >= 0.3 is 0 Å². The Hall–Kier alpha value is -4.08. The zero-order chi connectivity index (χ0) is 18.2. The van der Waals surface area contributed by atoms with Gasteiger partial charge in [-0.2, -0.15) is 4.98 Å². The van der Waals surface area contributed by atoms with Crippen LogP contribution in [0.5, 0.6) is 0 Å². The van der Waals surface area contributed by atoms with Crippen molar-refractivity contribution >= 4 is 10.9 Å². The Morgan fingerprint density at radius 2 is 2.00 bits per heavy atom. The summed E-state index contributed by atoms with van der Waals surface area (Å²) in [5.41, 5.74) is 1.70. The first-order chi connectivity index (χ1) is 13.3. The molecule has 27 heavy (non-hydrogen) atoms. The summed E-state index contributed by atoms with van der Waals surface area (Å²) in [6.45, 7) is 0. The fraction of sp³-hybridized carbons (Fsp3) is 0.0588. The van der Waals surface area contributed by atoms with Gasteiger partial charge in [-0.3, -0.25) is 4.79 Å². The molecular formula is C17H10N6O4. The fourth-order valence-electron chi connectivity index (χ4n) is 2.69. The number of aromatic nitrogens is 6. The van der Waals surface area contributed by atoms with E-state index < -0.39 is 0 Å². The SMILES string of the molecule is O=c1[nH]c(Cc2nc(-c3ccno3)no2)nc2ccc(-c3ccon3)cc12. The first-order valence-corrected chi connectivity index (χ1v) is 7.93.